The zero-order valence-electron chi connectivity index (χ0n) is 13.3. The van der Waals surface area contributed by atoms with E-state index in [1.54, 1.807) is 6.20 Å². The van der Waals surface area contributed by atoms with Gasteiger partial charge in [-0.3, -0.25) is 9.20 Å². The molecule has 0 radical (unpaired) electrons. The molecular weight excluding hydrogens is 358 g/mol. The van der Waals surface area contributed by atoms with Crippen LogP contribution < -0.4 is 5.73 Å². The molecule has 23 heavy (non-hydrogen) atoms. The first-order chi connectivity index (χ1) is 10.9. The molecule has 2 aliphatic rings. The lowest BCUT2D eigenvalue weighted by atomic mass is 9.87. The number of aromatic nitrogens is 3. The quantitative estimate of drug-likeness (QED) is 0.828. The van der Waals surface area contributed by atoms with E-state index in [0.29, 0.717) is 16.5 Å². The summed E-state index contributed by atoms with van der Waals surface area (Å²) in [5, 5.41) is 0. The van der Waals surface area contributed by atoms with Gasteiger partial charge < -0.3 is 10.6 Å². The molecule has 2 aromatic heterocycles. The van der Waals surface area contributed by atoms with Crippen molar-refractivity contribution in [2.24, 2.45) is 5.41 Å². The van der Waals surface area contributed by atoms with Crippen molar-refractivity contribution in [2.45, 2.75) is 45.1 Å². The van der Waals surface area contributed by atoms with Crippen molar-refractivity contribution in [3.8, 4) is 0 Å². The van der Waals surface area contributed by atoms with E-state index in [-0.39, 0.29) is 17.2 Å². The topological polar surface area (TPSA) is 76.5 Å². The normalized spacial score (nSPS) is 26.7. The number of rotatable bonds is 1. The molecule has 7 heteroatoms. The Morgan fingerprint density at radius 1 is 1.39 bits per heavy atom. The summed E-state index contributed by atoms with van der Waals surface area (Å²) in [6.07, 6.45) is 6.61. The highest BCUT2D eigenvalue weighted by Gasteiger charge is 2.48. The third-order valence-electron chi connectivity index (χ3n) is 5.22. The highest BCUT2D eigenvalue weighted by molar-refractivity contribution is 9.10. The van der Waals surface area contributed by atoms with Gasteiger partial charge in [-0.15, -0.1) is 0 Å². The number of anilines is 1. The van der Waals surface area contributed by atoms with Crippen molar-refractivity contribution < 1.29 is 4.79 Å². The fourth-order valence-corrected chi connectivity index (χ4v) is 4.67. The fraction of sp³-hybridized carbons (Fsp3) is 0.562. The smallest absolute Gasteiger partial charge is 0.228 e. The van der Waals surface area contributed by atoms with Gasteiger partial charge in [-0.2, -0.15) is 0 Å². The molecule has 2 fully saturated rings. The predicted molar refractivity (Wildman–Crippen MR) is 91.0 cm³/mol. The molecule has 122 valence electrons. The first-order valence-corrected chi connectivity index (χ1v) is 8.77. The Hall–Kier alpha value is -1.63. The van der Waals surface area contributed by atoms with Crippen molar-refractivity contribution >= 4 is 33.2 Å². The van der Waals surface area contributed by atoms with Crippen LogP contribution in [0.5, 0.6) is 0 Å². The summed E-state index contributed by atoms with van der Waals surface area (Å²) in [6, 6.07) is 0.384. The Kier molecular flexibility index (Phi) is 3.20. The van der Waals surface area contributed by atoms with E-state index in [4.69, 9.17) is 5.73 Å². The van der Waals surface area contributed by atoms with Gasteiger partial charge in [0, 0.05) is 36.3 Å². The number of imidazole rings is 1. The Bertz CT molecular complexity index is 799. The molecule has 1 amide bonds. The number of nitrogens with zero attached hydrogens (tertiary/aromatic N) is 4. The van der Waals surface area contributed by atoms with Crippen molar-refractivity contribution in [3.63, 3.8) is 0 Å². The molecule has 0 spiro atoms. The zero-order valence-corrected chi connectivity index (χ0v) is 14.9. The molecule has 2 aromatic rings. The van der Waals surface area contributed by atoms with Crippen LogP contribution in [0.2, 0.25) is 0 Å². The molecule has 4 heterocycles. The summed E-state index contributed by atoms with van der Waals surface area (Å²) in [4.78, 5) is 23.5. The average molecular weight is 378 g/mol. The minimum atomic E-state index is -0.233. The molecular formula is C16H20BrN5O. The standard InChI is InChI=1S/C16H20BrN5O/c1-16(2)7-10-4-3-9(8-22(10)15(16)23)14-20-12(17)11-13(18)19-5-6-21(11)14/h5-6,9-10H,3-4,7-8H2,1-2H3,(H2,18,19)/t9-,10+/m1/s1. The number of halogens is 1. The minimum absolute atomic E-state index is 0.227. The number of carbonyl (C=O) groups is 1. The molecule has 2 saturated heterocycles. The monoisotopic (exact) mass is 377 g/mol. The van der Waals surface area contributed by atoms with Crippen LogP contribution in [-0.4, -0.2) is 37.8 Å². The van der Waals surface area contributed by atoms with Gasteiger partial charge in [0.15, 0.2) is 5.82 Å². The van der Waals surface area contributed by atoms with Gasteiger partial charge in [0.25, 0.3) is 0 Å². The zero-order chi connectivity index (χ0) is 16.4. The maximum absolute atomic E-state index is 12.6. The van der Waals surface area contributed by atoms with Crippen molar-refractivity contribution in [1.29, 1.82) is 0 Å². The number of nitrogens with two attached hydrogens (primary N) is 1. The molecule has 0 unspecified atom stereocenters. The van der Waals surface area contributed by atoms with Crippen molar-refractivity contribution in [3.05, 3.63) is 22.8 Å². The molecule has 2 atom stereocenters. The van der Waals surface area contributed by atoms with Crippen LogP contribution in [0.3, 0.4) is 0 Å². The van der Waals surface area contributed by atoms with Crippen LogP contribution in [0.1, 0.15) is 44.9 Å². The maximum Gasteiger partial charge on any atom is 0.228 e. The molecule has 2 aliphatic heterocycles. The first kappa shape index (κ1) is 14.9. The van der Waals surface area contributed by atoms with Crippen LogP contribution in [0.15, 0.2) is 17.0 Å². The number of piperidine rings is 1. The summed E-state index contributed by atoms with van der Waals surface area (Å²) in [5.74, 6) is 1.92. The third kappa shape index (κ3) is 2.16. The van der Waals surface area contributed by atoms with E-state index >= 15 is 0 Å². The molecule has 4 rings (SSSR count). The highest BCUT2D eigenvalue weighted by Crippen LogP contribution is 2.43. The first-order valence-electron chi connectivity index (χ1n) is 7.97. The van der Waals surface area contributed by atoms with Crippen LogP contribution in [0.4, 0.5) is 5.82 Å². The second kappa shape index (κ2) is 4.93. The number of fused-ring (bicyclic) bond motifs is 2. The molecule has 2 N–H and O–H groups in total. The molecule has 6 nitrogen and oxygen atoms in total. The van der Waals surface area contributed by atoms with Crippen LogP contribution in [0.25, 0.3) is 5.52 Å². The Morgan fingerprint density at radius 3 is 2.96 bits per heavy atom. The van der Waals surface area contributed by atoms with Gasteiger partial charge in [-0.25, -0.2) is 9.97 Å². The lowest BCUT2D eigenvalue weighted by molar-refractivity contribution is -0.136. The molecule has 0 aromatic carbocycles. The number of hydrogen-bond acceptors (Lipinski definition) is 4. The maximum atomic E-state index is 12.6. The average Bonchev–Trinajstić information content (AvgIpc) is 2.95. The highest BCUT2D eigenvalue weighted by atomic mass is 79.9. The number of hydrogen-bond donors (Lipinski definition) is 1. The van der Waals surface area contributed by atoms with Crippen LogP contribution >= 0.6 is 15.9 Å². The largest absolute Gasteiger partial charge is 0.382 e. The summed E-state index contributed by atoms with van der Waals surface area (Å²) in [5.41, 5.74) is 6.55. The van der Waals surface area contributed by atoms with E-state index in [1.807, 2.05) is 10.6 Å². The number of amides is 1. The van der Waals surface area contributed by atoms with Crippen molar-refractivity contribution in [2.75, 3.05) is 12.3 Å². The van der Waals surface area contributed by atoms with Gasteiger partial charge in [-0.05, 0) is 35.2 Å². The molecule has 0 aliphatic carbocycles. The van der Waals surface area contributed by atoms with E-state index in [0.717, 1.165) is 37.1 Å². The summed E-state index contributed by atoms with van der Waals surface area (Å²) in [7, 11) is 0. The fourth-order valence-electron chi connectivity index (χ4n) is 4.09. The Morgan fingerprint density at radius 2 is 2.17 bits per heavy atom. The van der Waals surface area contributed by atoms with Crippen LogP contribution in [-0.2, 0) is 4.79 Å². The van der Waals surface area contributed by atoms with Gasteiger partial charge in [-0.1, -0.05) is 13.8 Å². The lowest BCUT2D eigenvalue weighted by Crippen LogP contribution is -2.42. The van der Waals surface area contributed by atoms with E-state index in [2.05, 4.69) is 44.6 Å². The summed E-state index contributed by atoms with van der Waals surface area (Å²) in [6.45, 7) is 4.84. The van der Waals surface area contributed by atoms with Crippen molar-refractivity contribution in [1.82, 2.24) is 19.3 Å². The van der Waals surface area contributed by atoms with Gasteiger partial charge in [0.05, 0.1) is 0 Å². The summed E-state index contributed by atoms with van der Waals surface area (Å²) >= 11 is 3.49. The second-order valence-corrected chi connectivity index (χ2v) is 8.02. The third-order valence-corrected chi connectivity index (χ3v) is 5.78. The SMILES string of the molecule is CC1(C)C[C@@H]2CC[C@@H](c3nc(Br)c4c(N)nccn34)CN2C1=O. The van der Waals surface area contributed by atoms with Gasteiger partial charge in [0.2, 0.25) is 5.91 Å². The Balaban J connectivity index is 1.71. The van der Waals surface area contributed by atoms with Crippen LogP contribution in [0, 0.1) is 5.41 Å². The summed E-state index contributed by atoms with van der Waals surface area (Å²) < 4.78 is 2.72. The van der Waals surface area contributed by atoms with Gasteiger partial charge >= 0.3 is 0 Å². The van der Waals surface area contributed by atoms with E-state index < -0.39 is 0 Å². The molecule has 0 saturated carbocycles. The predicted octanol–water partition coefficient (Wildman–Crippen LogP) is 2.58. The number of nitrogen functional groups attached to an aromatic ring is 1. The van der Waals surface area contributed by atoms with E-state index in [1.165, 1.54) is 0 Å². The minimum Gasteiger partial charge on any atom is -0.382 e. The van der Waals surface area contributed by atoms with E-state index in [9.17, 15) is 4.79 Å². The lowest BCUT2D eigenvalue weighted by Gasteiger charge is -2.34. The second-order valence-electron chi connectivity index (χ2n) is 7.27. The Labute approximate surface area is 143 Å². The molecule has 0 bridgehead atoms. The van der Waals surface area contributed by atoms with Gasteiger partial charge in [0.1, 0.15) is 15.9 Å². The number of carbonyl (C=O) groups excluding carboxylic acids is 1.